The van der Waals surface area contributed by atoms with Gasteiger partial charge in [0.25, 0.3) is 0 Å². The number of rotatable bonds is 0. The third kappa shape index (κ3) is 4.09. The zero-order valence-electron chi connectivity index (χ0n) is 6.10. The Balaban J connectivity index is -0.0000000817. The van der Waals surface area contributed by atoms with Gasteiger partial charge in [0.15, 0.2) is 0 Å². The smallest absolute Gasteiger partial charge is 1.00 e. The Labute approximate surface area is 67.0 Å². The Morgan fingerprint density at radius 1 is 1.11 bits per heavy atom. The largest absolute Gasteiger partial charge is 2.00 e. The Kier molecular flexibility index (Phi) is 7.20. The van der Waals surface area contributed by atoms with E-state index in [0.29, 0.717) is 0 Å². The van der Waals surface area contributed by atoms with Crippen LogP contribution in [0.2, 0.25) is 0 Å². The van der Waals surface area contributed by atoms with Gasteiger partial charge in [-0.1, -0.05) is 0 Å². The maximum absolute atomic E-state index is 10.5. The van der Waals surface area contributed by atoms with Crippen LogP contribution in [0.3, 0.4) is 0 Å². The summed E-state index contributed by atoms with van der Waals surface area (Å²) in [6, 6.07) is 0. The summed E-state index contributed by atoms with van der Waals surface area (Å²) in [6.45, 7) is 0. The van der Waals surface area contributed by atoms with Crippen molar-refractivity contribution in [3.8, 4) is 0 Å². The van der Waals surface area contributed by atoms with Crippen LogP contribution >= 0.6 is 0 Å². The predicted octanol–water partition coefficient (Wildman–Crippen LogP) is -0.314. The molecular formula is C2H2F2MgO4. The fourth-order valence-corrected chi connectivity index (χ4v) is 0.0630. The van der Waals surface area contributed by atoms with Crippen LogP contribution in [0.4, 0.5) is 9.05 Å². The Morgan fingerprint density at radius 2 is 1.33 bits per heavy atom. The van der Waals surface area contributed by atoms with E-state index in [2.05, 4.69) is 9.88 Å². The third-order valence-electron chi connectivity index (χ3n) is 0.307. The monoisotopic (exact) mass is 152 g/mol. The van der Waals surface area contributed by atoms with E-state index in [4.69, 9.17) is 0 Å². The van der Waals surface area contributed by atoms with E-state index in [1.807, 2.05) is 0 Å². The zero-order valence-corrected chi connectivity index (χ0v) is 5.51. The first-order chi connectivity index (χ1) is 3.72. The van der Waals surface area contributed by atoms with Crippen LogP contribution in [0.1, 0.15) is 2.85 Å². The quantitative estimate of drug-likeness (QED) is 0.353. The van der Waals surface area contributed by atoms with Crippen molar-refractivity contribution in [2.24, 2.45) is 0 Å². The molecule has 0 amide bonds. The molecule has 0 aromatic carbocycles. The molecule has 0 saturated heterocycles. The van der Waals surface area contributed by atoms with Crippen molar-refractivity contribution in [2.75, 3.05) is 0 Å². The summed E-state index contributed by atoms with van der Waals surface area (Å²) in [7, 11) is 0. The van der Waals surface area contributed by atoms with Crippen LogP contribution in [0.25, 0.3) is 0 Å². The van der Waals surface area contributed by atoms with Gasteiger partial charge in [-0.3, -0.25) is 0 Å². The SMILES string of the molecule is O=C(OF)C(=O)OF.[H-].[H-].[Mg+2]. The molecule has 0 radical (unpaired) electrons. The molecule has 0 aromatic heterocycles. The van der Waals surface area contributed by atoms with Gasteiger partial charge in [-0.25, -0.2) is 19.5 Å². The predicted molar refractivity (Wildman–Crippen MR) is 22.4 cm³/mol. The maximum atomic E-state index is 10.5. The summed E-state index contributed by atoms with van der Waals surface area (Å²) in [4.78, 5) is 23.4. The molecule has 0 rings (SSSR count). The van der Waals surface area contributed by atoms with Crippen LogP contribution in [-0.2, 0) is 19.5 Å². The van der Waals surface area contributed by atoms with E-state index in [0.717, 1.165) is 0 Å². The fraction of sp³-hybridized carbons (Fsp3) is 0. The number of halogens is 2. The molecule has 0 aromatic rings. The molecule has 4 nitrogen and oxygen atoms in total. The van der Waals surface area contributed by atoms with Crippen LogP contribution in [0.5, 0.6) is 0 Å². The molecule has 0 aliphatic carbocycles. The second-order valence-corrected chi connectivity index (χ2v) is 0.729. The van der Waals surface area contributed by atoms with Crippen molar-refractivity contribution in [3.05, 3.63) is 0 Å². The first-order valence-corrected chi connectivity index (χ1v) is 1.38. The second-order valence-electron chi connectivity index (χ2n) is 0.729. The van der Waals surface area contributed by atoms with E-state index < -0.39 is 11.9 Å². The number of hydrogen-bond acceptors (Lipinski definition) is 4. The summed E-state index contributed by atoms with van der Waals surface area (Å²) in [5.41, 5.74) is 0. The Bertz CT molecular complexity index is 109. The van der Waals surface area contributed by atoms with Crippen molar-refractivity contribution >= 4 is 35.0 Å². The minimum atomic E-state index is -2.02. The molecule has 0 unspecified atom stereocenters. The fourth-order valence-electron chi connectivity index (χ4n) is 0.0630. The molecule has 0 heterocycles. The van der Waals surface area contributed by atoms with E-state index in [1.165, 1.54) is 0 Å². The van der Waals surface area contributed by atoms with Crippen LogP contribution < -0.4 is 0 Å². The molecule has 50 valence electrons. The normalized spacial score (nSPS) is 6.89. The molecule has 0 aliphatic rings. The van der Waals surface area contributed by atoms with Gasteiger partial charge in [0.2, 0.25) is 0 Å². The molecule has 0 saturated carbocycles. The summed E-state index contributed by atoms with van der Waals surface area (Å²) in [5, 5.41) is 0. The van der Waals surface area contributed by atoms with Gasteiger partial charge in [-0.05, 0) is 0 Å². The molecule has 0 fully saturated rings. The van der Waals surface area contributed by atoms with E-state index >= 15 is 0 Å². The average Bonchev–Trinajstić information content (AvgIpc) is 1.84. The van der Waals surface area contributed by atoms with E-state index in [-0.39, 0.29) is 25.9 Å². The Morgan fingerprint density at radius 3 is 1.44 bits per heavy atom. The summed E-state index contributed by atoms with van der Waals surface area (Å²) >= 11 is 0. The topological polar surface area (TPSA) is 52.6 Å². The standard InChI is InChI=1S/C2F2O4.Mg.2H/c3-7-1(5)2(6)8-4;;;/q;+2;2*-1. The van der Waals surface area contributed by atoms with Crippen molar-refractivity contribution in [3.63, 3.8) is 0 Å². The third-order valence-corrected chi connectivity index (χ3v) is 0.307. The zero-order chi connectivity index (χ0) is 6.57. The molecule has 0 atom stereocenters. The number of hydrogen-bond donors (Lipinski definition) is 0. The maximum Gasteiger partial charge on any atom is 2.00 e. The van der Waals surface area contributed by atoms with Crippen molar-refractivity contribution in [1.82, 2.24) is 0 Å². The van der Waals surface area contributed by atoms with Crippen molar-refractivity contribution < 1.29 is 31.4 Å². The van der Waals surface area contributed by atoms with Gasteiger partial charge in [0.05, 0.1) is 0 Å². The first kappa shape index (κ1) is 11.4. The minimum absolute atomic E-state index is 0. The Hall–Kier alpha value is -0.434. The molecule has 0 bridgehead atoms. The van der Waals surface area contributed by atoms with Gasteiger partial charge < -0.3 is 2.85 Å². The van der Waals surface area contributed by atoms with E-state index in [1.54, 1.807) is 0 Å². The minimum Gasteiger partial charge on any atom is -1.00 e. The van der Waals surface area contributed by atoms with Gasteiger partial charge in [-0.2, -0.15) is 0 Å². The molecule has 7 heteroatoms. The van der Waals surface area contributed by atoms with Crippen LogP contribution in [-0.4, -0.2) is 35.0 Å². The van der Waals surface area contributed by atoms with Crippen molar-refractivity contribution in [1.29, 1.82) is 0 Å². The van der Waals surface area contributed by atoms with Gasteiger partial charge in [0.1, 0.15) is 0 Å². The number of carbonyl (C=O) groups excluding carboxylic acids is 2. The van der Waals surface area contributed by atoms with Crippen LogP contribution in [0, 0.1) is 0 Å². The first-order valence-electron chi connectivity index (χ1n) is 1.38. The molecule has 9 heavy (non-hydrogen) atoms. The average molecular weight is 152 g/mol. The molecule has 0 spiro atoms. The number of carbonyl (C=O) groups is 2. The molecule has 0 aliphatic heterocycles. The van der Waals surface area contributed by atoms with E-state index in [9.17, 15) is 18.6 Å². The van der Waals surface area contributed by atoms with Crippen LogP contribution in [0.15, 0.2) is 0 Å². The van der Waals surface area contributed by atoms with Crippen molar-refractivity contribution in [2.45, 2.75) is 0 Å². The van der Waals surface area contributed by atoms with Gasteiger partial charge in [-0.15, -0.1) is 0 Å². The summed E-state index contributed by atoms with van der Waals surface area (Å²) in [5.74, 6) is -4.04. The van der Waals surface area contributed by atoms with Gasteiger partial charge >= 0.3 is 35.0 Å². The molecule has 0 N–H and O–H groups in total. The second kappa shape index (κ2) is 5.70. The molecular weight excluding hydrogens is 150 g/mol. The van der Waals surface area contributed by atoms with Gasteiger partial charge in [0, 0.05) is 9.05 Å². The summed E-state index contributed by atoms with van der Waals surface area (Å²) in [6.07, 6.45) is 0. The summed E-state index contributed by atoms with van der Waals surface area (Å²) < 4.78 is 21.0.